The lowest BCUT2D eigenvalue weighted by Gasteiger charge is -2.28. The van der Waals surface area contributed by atoms with Crippen LogP contribution in [0.4, 0.5) is 16.2 Å². The Kier molecular flexibility index (Phi) is 12.5. The summed E-state index contributed by atoms with van der Waals surface area (Å²) in [6.45, 7) is 8.61. The zero-order valence-electron chi connectivity index (χ0n) is 18.4. The van der Waals surface area contributed by atoms with E-state index in [2.05, 4.69) is 34.8 Å². The third-order valence-electron chi connectivity index (χ3n) is 4.88. The molecule has 0 aliphatic heterocycles. The standard InChI is InChI=1S/C22H39N5O2/c1-4-7-9-11-15-27(16-12-10-8-5-2)20-17-18(21(28)26-23)13-14-19(20)25-22(29)24-6-3/h13-14,17H,4-12,15-16,23H2,1-3H3,(H,26,28)(H2,24,25,29). The molecule has 7 nitrogen and oxygen atoms in total. The van der Waals surface area contributed by atoms with Crippen LogP contribution in [0.5, 0.6) is 0 Å². The summed E-state index contributed by atoms with van der Waals surface area (Å²) in [6.07, 6.45) is 9.30. The first-order valence-corrected chi connectivity index (χ1v) is 11.0. The predicted octanol–water partition coefficient (Wildman–Crippen LogP) is 4.40. The first-order valence-electron chi connectivity index (χ1n) is 11.0. The van der Waals surface area contributed by atoms with E-state index in [-0.39, 0.29) is 11.9 Å². The van der Waals surface area contributed by atoms with Gasteiger partial charge in [-0.05, 0) is 38.0 Å². The van der Waals surface area contributed by atoms with E-state index in [0.29, 0.717) is 17.8 Å². The number of carbonyl (C=O) groups excluding carboxylic acids is 2. The molecule has 1 aromatic rings. The van der Waals surface area contributed by atoms with Crippen molar-refractivity contribution in [1.29, 1.82) is 0 Å². The van der Waals surface area contributed by atoms with Gasteiger partial charge in [-0.1, -0.05) is 52.4 Å². The van der Waals surface area contributed by atoms with Crippen molar-refractivity contribution in [3.05, 3.63) is 23.8 Å². The van der Waals surface area contributed by atoms with E-state index in [1.165, 1.54) is 38.5 Å². The van der Waals surface area contributed by atoms with Crippen LogP contribution >= 0.6 is 0 Å². The number of carbonyl (C=O) groups is 2. The Morgan fingerprint density at radius 3 is 2.07 bits per heavy atom. The van der Waals surface area contributed by atoms with Crippen molar-refractivity contribution in [2.75, 3.05) is 29.9 Å². The van der Waals surface area contributed by atoms with Gasteiger partial charge in [0.15, 0.2) is 0 Å². The molecule has 1 rings (SSSR count). The zero-order valence-corrected chi connectivity index (χ0v) is 18.4. The van der Waals surface area contributed by atoms with Crippen LogP contribution in [0.3, 0.4) is 0 Å². The molecule has 164 valence electrons. The Bertz CT molecular complexity index is 609. The molecule has 0 aliphatic carbocycles. The van der Waals surface area contributed by atoms with Crippen molar-refractivity contribution in [2.45, 2.75) is 72.1 Å². The molecule has 0 saturated carbocycles. The number of benzene rings is 1. The predicted molar refractivity (Wildman–Crippen MR) is 121 cm³/mol. The van der Waals surface area contributed by atoms with Crippen LogP contribution < -0.4 is 26.8 Å². The molecule has 0 atom stereocenters. The van der Waals surface area contributed by atoms with Crippen LogP contribution in [0.25, 0.3) is 0 Å². The molecule has 0 aliphatic rings. The number of unbranched alkanes of at least 4 members (excludes halogenated alkanes) is 6. The summed E-state index contributed by atoms with van der Waals surface area (Å²) in [7, 11) is 0. The molecular weight excluding hydrogens is 366 g/mol. The zero-order chi connectivity index (χ0) is 21.5. The SMILES string of the molecule is CCCCCCN(CCCCCC)c1cc(C(=O)NN)ccc1NC(=O)NCC. The lowest BCUT2D eigenvalue weighted by molar-refractivity contribution is 0.0953. The van der Waals surface area contributed by atoms with Crippen molar-refractivity contribution < 1.29 is 9.59 Å². The summed E-state index contributed by atoms with van der Waals surface area (Å²) < 4.78 is 0. The maximum Gasteiger partial charge on any atom is 0.319 e. The van der Waals surface area contributed by atoms with E-state index in [9.17, 15) is 9.59 Å². The average molecular weight is 406 g/mol. The topological polar surface area (TPSA) is 99.5 Å². The highest BCUT2D eigenvalue weighted by atomic mass is 16.2. The molecule has 0 fully saturated rings. The molecule has 0 saturated heterocycles. The Labute approximate surface area is 175 Å². The number of hydrogen-bond acceptors (Lipinski definition) is 4. The number of hydrogen-bond donors (Lipinski definition) is 4. The molecule has 1 aromatic carbocycles. The largest absolute Gasteiger partial charge is 0.370 e. The van der Waals surface area contributed by atoms with Gasteiger partial charge in [0.2, 0.25) is 0 Å². The van der Waals surface area contributed by atoms with Crippen LogP contribution in [0.15, 0.2) is 18.2 Å². The number of amides is 3. The lowest BCUT2D eigenvalue weighted by Crippen LogP contribution is -2.32. The van der Waals surface area contributed by atoms with Gasteiger partial charge in [0.25, 0.3) is 5.91 Å². The minimum absolute atomic E-state index is 0.248. The van der Waals surface area contributed by atoms with Gasteiger partial charge >= 0.3 is 6.03 Å². The highest BCUT2D eigenvalue weighted by Gasteiger charge is 2.16. The van der Waals surface area contributed by atoms with Crippen LogP contribution in [-0.4, -0.2) is 31.6 Å². The van der Waals surface area contributed by atoms with E-state index in [4.69, 9.17) is 5.84 Å². The fraction of sp³-hybridized carbons (Fsp3) is 0.636. The Hall–Kier alpha value is -2.28. The summed E-state index contributed by atoms with van der Waals surface area (Å²) >= 11 is 0. The number of hydrazine groups is 1. The molecule has 0 unspecified atom stereocenters. The van der Waals surface area contributed by atoms with Crippen LogP contribution in [0, 0.1) is 0 Å². The van der Waals surface area contributed by atoms with E-state index in [0.717, 1.165) is 31.6 Å². The summed E-state index contributed by atoms with van der Waals surface area (Å²) in [4.78, 5) is 26.5. The highest BCUT2D eigenvalue weighted by molar-refractivity contribution is 5.98. The number of nitrogens with zero attached hydrogens (tertiary/aromatic N) is 1. The van der Waals surface area contributed by atoms with Crippen molar-refractivity contribution in [1.82, 2.24) is 10.7 Å². The first kappa shape index (κ1) is 24.8. The van der Waals surface area contributed by atoms with Gasteiger partial charge in [0, 0.05) is 25.2 Å². The van der Waals surface area contributed by atoms with Crippen molar-refractivity contribution in [2.24, 2.45) is 5.84 Å². The van der Waals surface area contributed by atoms with E-state index < -0.39 is 0 Å². The second kappa shape index (κ2) is 14.7. The molecule has 3 amide bonds. The first-order chi connectivity index (χ1) is 14.1. The molecule has 5 N–H and O–H groups in total. The van der Waals surface area contributed by atoms with E-state index in [1.54, 1.807) is 12.1 Å². The number of anilines is 2. The summed E-state index contributed by atoms with van der Waals surface area (Å²) in [5.74, 6) is 4.98. The third kappa shape index (κ3) is 9.17. The molecule has 7 heteroatoms. The molecule has 0 bridgehead atoms. The molecule has 0 aromatic heterocycles. The summed E-state index contributed by atoms with van der Waals surface area (Å²) in [5, 5.41) is 5.69. The van der Waals surface area contributed by atoms with E-state index in [1.807, 2.05) is 13.0 Å². The van der Waals surface area contributed by atoms with Crippen LogP contribution in [-0.2, 0) is 0 Å². The molecule has 0 heterocycles. The Morgan fingerprint density at radius 1 is 0.931 bits per heavy atom. The number of nitrogens with one attached hydrogen (secondary N) is 3. The van der Waals surface area contributed by atoms with Gasteiger partial charge in [0.05, 0.1) is 11.4 Å². The third-order valence-corrected chi connectivity index (χ3v) is 4.88. The summed E-state index contributed by atoms with van der Waals surface area (Å²) in [6, 6.07) is 5.03. The fourth-order valence-corrected chi connectivity index (χ4v) is 3.26. The quantitative estimate of drug-likeness (QED) is 0.160. The molecule has 0 radical (unpaired) electrons. The second-order valence-electron chi connectivity index (χ2n) is 7.30. The maximum atomic E-state index is 12.1. The number of rotatable bonds is 14. The molecular formula is C22H39N5O2. The van der Waals surface area contributed by atoms with Gasteiger partial charge in [-0.25, -0.2) is 10.6 Å². The highest BCUT2D eigenvalue weighted by Crippen LogP contribution is 2.29. The molecule has 29 heavy (non-hydrogen) atoms. The Morgan fingerprint density at radius 2 is 1.55 bits per heavy atom. The summed E-state index contributed by atoms with van der Waals surface area (Å²) in [5.41, 5.74) is 4.24. The van der Waals surface area contributed by atoms with Gasteiger partial charge in [0.1, 0.15) is 0 Å². The minimum atomic E-state index is -0.340. The van der Waals surface area contributed by atoms with Crippen molar-refractivity contribution in [3.63, 3.8) is 0 Å². The number of nitrogens with two attached hydrogens (primary N) is 1. The number of urea groups is 1. The van der Waals surface area contributed by atoms with Gasteiger partial charge in [-0.2, -0.15) is 0 Å². The monoisotopic (exact) mass is 405 g/mol. The van der Waals surface area contributed by atoms with Gasteiger partial charge < -0.3 is 15.5 Å². The number of nitrogen functional groups attached to an aromatic ring is 1. The van der Waals surface area contributed by atoms with Gasteiger partial charge in [-0.15, -0.1) is 0 Å². The average Bonchev–Trinajstić information content (AvgIpc) is 2.72. The van der Waals surface area contributed by atoms with Crippen LogP contribution in [0.1, 0.15) is 82.5 Å². The van der Waals surface area contributed by atoms with Gasteiger partial charge in [-0.3, -0.25) is 10.2 Å². The second-order valence-corrected chi connectivity index (χ2v) is 7.30. The normalized spacial score (nSPS) is 10.5. The van der Waals surface area contributed by atoms with Crippen molar-refractivity contribution >= 4 is 23.3 Å². The lowest BCUT2D eigenvalue weighted by atomic mass is 10.1. The Balaban J connectivity index is 3.11. The molecule has 0 spiro atoms. The smallest absolute Gasteiger partial charge is 0.319 e. The fourth-order valence-electron chi connectivity index (χ4n) is 3.26. The van der Waals surface area contributed by atoms with E-state index >= 15 is 0 Å². The van der Waals surface area contributed by atoms with Crippen LogP contribution in [0.2, 0.25) is 0 Å². The minimum Gasteiger partial charge on any atom is -0.370 e. The van der Waals surface area contributed by atoms with Crippen molar-refractivity contribution in [3.8, 4) is 0 Å². The maximum absolute atomic E-state index is 12.1.